The summed E-state index contributed by atoms with van der Waals surface area (Å²) in [6, 6.07) is 12.9. The van der Waals surface area contributed by atoms with E-state index < -0.39 is 0 Å². The molecule has 0 aliphatic heterocycles. The maximum absolute atomic E-state index is 12.5. The molecule has 3 aromatic heterocycles. The second kappa shape index (κ2) is 8.82. The van der Waals surface area contributed by atoms with Crippen molar-refractivity contribution in [1.29, 1.82) is 0 Å². The second-order valence-electron chi connectivity index (χ2n) is 7.26. The Morgan fingerprint density at radius 2 is 1.93 bits per heavy atom. The molecule has 4 aromatic rings. The average Bonchev–Trinajstić information content (AvgIpc) is 3.36. The molecule has 1 aromatic carbocycles. The first-order valence-electron chi connectivity index (χ1n) is 10.1. The predicted molar refractivity (Wildman–Crippen MR) is 116 cm³/mol. The van der Waals surface area contributed by atoms with Gasteiger partial charge in [-0.1, -0.05) is 19.4 Å². The summed E-state index contributed by atoms with van der Waals surface area (Å²) in [4.78, 5) is 17.1. The summed E-state index contributed by atoms with van der Waals surface area (Å²) >= 11 is 0. The second-order valence-corrected chi connectivity index (χ2v) is 7.26. The standard InChI is InChI=1S/C23H25N5O2/c1-3-4-13-28-22(11-12-24-28)26-23(29)18-6-8-20(9-7-18)30-16-19-15-27-14-17(2)5-10-21(27)25-19/h5-12,14-15H,3-4,13,16H2,1-2H3,(H,26,29). The summed E-state index contributed by atoms with van der Waals surface area (Å²) < 4.78 is 9.64. The van der Waals surface area contributed by atoms with Gasteiger partial charge in [0.1, 0.15) is 23.8 Å². The average molecular weight is 403 g/mol. The molecule has 0 fully saturated rings. The maximum atomic E-state index is 12.5. The van der Waals surface area contributed by atoms with Gasteiger partial charge in [0.15, 0.2) is 0 Å². The van der Waals surface area contributed by atoms with Crippen molar-refractivity contribution >= 4 is 17.4 Å². The van der Waals surface area contributed by atoms with Crippen LogP contribution in [0.5, 0.6) is 5.75 Å². The molecule has 3 heterocycles. The third-order valence-electron chi connectivity index (χ3n) is 4.83. The number of hydrogen-bond donors (Lipinski definition) is 1. The normalized spacial score (nSPS) is 11.0. The Morgan fingerprint density at radius 3 is 2.73 bits per heavy atom. The molecule has 0 aliphatic carbocycles. The van der Waals surface area contributed by atoms with Crippen molar-refractivity contribution in [3.8, 4) is 5.75 Å². The van der Waals surface area contributed by atoms with E-state index >= 15 is 0 Å². The first-order valence-corrected chi connectivity index (χ1v) is 10.1. The number of pyridine rings is 1. The van der Waals surface area contributed by atoms with E-state index in [1.165, 1.54) is 5.56 Å². The number of anilines is 1. The van der Waals surface area contributed by atoms with Crippen molar-refractivity contribution in [3.05, 3.63) is 77.9 Å². The van der Waals surface area contributed by atoms with Gasteiger partial charge in [-0.15, -0.1) is 0 Å². The fourth-order valence-corrected chi connectivity index (χ4v) is 3.20. The van der Waals surface area contributed by atoms with Crippen molar-refractivity contribution < 1.29 is 9.53 Å². The Hall–Kier alpha value is -3.61. The van der Waals surface area contributed by atoms with Crippen LogP contribution < -0.4 is 10.1 Å². The van der Waals surface area contributed by atoms with E-state index in [1.54, 1.807) is 36.5 Å². The quantitative estimate of drug-likeness (QED) is 0.471. The molecule has 0 spiro atoms. The lowest BCUT2D eigenvalue weighted by Crippen LogP contribution is -2.15. The molecule has 30 heavy (non-hydrogen) atoms. The predicted octanol–water partition coefficient (Wildman–Crippen LogP) is 4.47. The Bertz CT molecular complexity index is 1140. The van der Waals surface area contributed by atoms with Crippen LogP contribution >= 0.6 is 0 Å². The van der Waals surface area contributed by atoms with Crippen molar-refractivity contribution in [1.82, 2.24) is 19.2 Å². The summed E-state index contributed by atoms with van der Waals surface area (Å²) in [6.45, 7) is 5.32. The zero-order chi connectivity index (χ0) is 20.9. The number of nitrogens with one attached hydrogen (secondary N) is 1. The third kappa shape index (κ3) is 4.51. The van der Waals surface area contributed by atoms with Gasteiger partial charge in [0.25, 0.3) is 5.91 Å². The minimum absolute atomic E-state index is 0.171. The van der Waals surface area contributed by atoms with Crippen LogP contribution in [0.4, 0.5) is 5.82 Å². The molecule has 1 amide bonds. The van der Waals surface area contributed by atoms with Gasteiger partial charge in [-0.05, 0) is 49.2 Å². The number of imidazole rings is 1. The molecule has 0 radical (unpaired) electrons. The van der Waals surface area contributed by atoms with Crippen molar-refractivity contribution in [3.63, 3.8) is 0 Å². The molecule has 7 nitrogen and oxygen atoms in total. The van der Waals surface area contributed by atoms with E-state index in [2.05, 4.69) is 22.3 Å². The number of benzene rings is 1. The third-order valence-corrected chi connectivity index (χ3v) is 4.83. The Kier molecular flexibility index (Phi) is 5.79. The number of ether oxygens (including phenoxy) is 1. The smallest absolute Gasteiger partial charge is 0.256 e. The molecule has 0 bridgehead atoms. The molecule has 0 saturated carbocycles. The van der Waals surface area contributed by atoms with E-state index in [0.717, 1.165) is 30.7 Å². The lowest BCUT2D eigenvalue weighted by Gasteiger charge is -2.09. The van der Waals surface area contributed by atoms with Crippen molar-refractivity contribution in [2.45, 2.75) is 39.8 Å². The SMILES string of the molecule is CCCCn1nccc1NC(=O)c1ccc(OCc2cn3cc(C)ccc3n2)cc1. The minimum atomic E-state index is -0.171. The highest BCUT2D eigenvalue weighted by atomic mass is 16.5. The number of rotatable bonds is 8. The number of nitrogens with zero attached hydrogens (tertiary/aromatic N) is 4. The van der Waals surface area contributed by atoms with Gasteiger partial charge in [-0.25, -0.2) is 9.67 Å². The van der Waals surface area contributed by atoms with Gasteiger partial charge in [-0.2, -0.15) is 5.10 Å². The van der Waals surface area contributed by atoms with Crippen LogP contribution in [0.25, 0.3) is 5.65 Å². The molecule has 1 N–H and O–H groups in total. The van der Waals surface area contributed by atoms with Crippen LogP contribution in [0.1, 0.15) is 41.4 Å². The van der Waals surface area contributed by atoms with Crippen LogP contribution in [0, 0.1) is 6.92 Å². The number of unbranched alkanes of at least 4 members (excludes halogenated alkanes) is 1. The highest BCUT2D eigenvalue weighted by Gasteiger charge is 2.10. The van der Waals surface area contributed by atoms with Crippen LogP contribution in [-0.4, -0.2) is 25.1 Å². The van der Waals surface area contributed by atoms with E-state index in [-0.39, 0.29) is 5.91 Å². The molecule has 154 valence electrons. The van der Waals surface area contributed by atoms with E-state index in [1.807, 2.05) is 40.5 Å². The number of carbonyl (C=O) groups is 1. The largest absolute Gasteiger partial charge is 0.487 e. The van der Waals surface area contributed by atoms with Gasteiger partial charge in [0.2, 0.25) is 0 Å². The summed E-state index contributed by atoms with van der Waals surface area (Å²) in [7, 11) is 0. The fraction of sp³-hybridized carbons (Fsp3) is 0.261. The molecular weight excluding hydrogens is 378 g/mol. The first kappa shape index (κ1) is 19.7. The molecule has 0 atom stereocenters. The molecule has 7 heteroatoms. The Balaban J connectivity index is 1.36. The number of carbonyl (C=O) groups excluding carboxylic acids is 1. The molecular formula is C23H25N5O2. The van der Waals surface area contributed by atoms with Gasteiger partial charge in [0.05, 0.1) is 11.9 Å². The summed E-state index contributed by atoms with van der Waals surface area (Å²) in [5, 5.41) is 7.18. The van der Waals surface area contributed by atoms with E-state index in [4.69, 9.17) is 4.74 Å². The van der Waals surface area contributed by atoms with Crippen molar-refractivity contribution in [2.24, 2.45) is 0 Å². The zero-order valence-corrected chi connectivity index (χ0v) is 17.2. The lowest BCUT2D eigenvalue weighted by molar-refractivity contribution is 0.102. The lowest BCUT2D eigenvalue weighted by atomic mass is 10.2. The topological polar surface area (TPSA) is 73.5 Å². The molecule has 0 saturated heterocycles. The van der Waals surface area contributed by atoms with Crippen LogP contribution in [-0.2, 0) is 13.2 Å². The first-order chi connectivity index (χ1) is 14.6. The number of hydrogen-bond acceptors (Lipinski definition) is 4. The zero-order valence-electron chi connectivity index (χ0n) is 17.2. The molecule has 0 aliphatic rings. The van der Waals surface area contributed by atoms with Gasteiger partial charge in [-0.3, -0.25) is 4.79 Å². The van der Waals surface area contributed by atoms with E-state index in [9.17, 15) is 4.79 Å². The number of aromatic nitrogens is 4. The molecule has 4 rings (SSSR count). The van der Waals surface area contributed by atoms with Crippen LogP contribution in [0.3, 0.4) is 0 Å². The molecule has 0 unspecified atom stereocenters. The Morgan fingerprint density at radius 1 is 1.10 bits per heavy atom. The Labute approximate surface area is 175 Å². The van der Waals surface area contributed by atoms with Gasteiger partial charge >= 0.3 is 0 Å². The minimum Gasteiger partial charge on any atom is -0.487 e. The fourth-order valence-electron chi connectivity index (χ4n) is 3.20. The van der Waals surface area contributed by atoms with Gasteiger partial charge < -0.3 is 14.5 Å². The number of amides is 1. The highest BCUT2D eigenvalue weighted by molar-refractivity contribution is 6.03. The number of fused-ring (bicyclic) bond motifs is 1. The van der Waals surface area contributed by atoms with E-state index in [0.29, 0.717) is 23.7 Å². The summed E-state index contributed by atoms with van der Waals surface area (Å²) in [5.74, 6) is 1.22. The highest BCUT2D eigenvalue weighted by Crippen LogP contribution is 2.16. The number of aryl methyl sites for hydroxylation is 2. The van der Waals surface area contributed by atoms with Gasteiger partial charge in [0, 0.05) is 30.6 Å². The van der Waals surface area contributed by atoms with Crippen LogP contribution in [0.15, 0.2) is 61.1 Å². The summed E-state index contributed by atoms with van der Waals surface area (Å²) in [5.41, 5.74) is 3.48. The monoisotopic (exact) mass is 403 g/mol. The summed E-state index contributed by atoms with van der Waals surface area (Å²) in [6.07, 6.45) is 7.79. The van der Waals surface area contributed by atoms with Crippen molar-refractivity contribution in [2.75, 3.05) is 5.32 Å². The van der Waals surface area contributed by atoms with Crippen LogP contribution in [0.2, 0.25) is 0 Å². The maximum Gasteiger partial charge on any atom is 0.256 e.